The first-order chi connectivity index (χ1) is 10.3. The monoisotopic (exact) mass is 331 g/mol. The molecule has 7 nitrogen and oxygen atoms in total. The van der Waals surface area contributed by atoms with Gasteiger partial charge in [0.25, 0.3) is 5.69 Å². The summed E-state index contributed by atoms with van der Waals surface area (Å²) >= 11 is 1.18. The summed E-state index contributed by atoms with van der Waals surface area (Å²) < 4.78 is 37.9. The van der Waals surface area contributed by atoms with Crippen molar-refractivity contribution in [2.75, 3.05) is 11.2 Å². The number of nitrogens with zero attached hydrogens (tertiary/aromatic N) is 3. The Bertz CT molecular complexity index is 729. The summed E-state index contributed by atoms with van der Waals surface area (Å²) in [5.74, 6) is 0.299. The number of rotatable bonds is 4. The van der Waals surface area contributed by atoms with Crippen molar-refractivity contribution < 1.29 is 18.1 Å². The van der Waals surface area contributed by atoms with Crippen molar-refractivity contribution >= 4 is 34.2 Å². The number of thiazole rings is 1. The Morgan fingerprint density at radius 1 is 1.45 bits per heavy atom. The summed E-state index contributed by atoms with van der Waals surface area (Å²) in [6, 6.07) is 2.52. The predicted molar refractivity (Wildman–Crippen MR) is 75.8 cm³/mol. The molecule has 0 radical (unpaired) electrons. The smallest absolute Gasteiger partial charge is 0.383 e. The Labute approximate surface area is 125 Å². The van der Waals surface area contributed by atoms with Gasteiger partial charge >= 0.3 is 6.18 Å². The molecule has 0 saturated heterocycles. The molecule has 1 aromatic carbocycles. The molecule has 0 bridgehead atoms. The van der Waals surface area contributed by atoms with Gasteiger partial charge in [0.05, 0.1) is 11.1 Å². The highest BCUT2D eigenvalue weighted by Gasteiger charge is 2.38. The maximum Gasteiger partial charge on any atom is 0.422 e. The van der Waals surface area contributed by atoms with E-state index in [4.69, 9.17) is 5.73 Å². The summed E-state index contributed by atoms with van der Waals surface area (Å²) in [6.07, 6.45) is -3.65. The van der Waals surface area contributed by atoms with E-state index >= 15 is 0 Å². The minimum absolute atomic E-state index is 0.136. The standard InChI is InChI=1S/C11H8F3N5O2S/c12-11(13,14)7-2-1-6(3-8(7)19(20)21)4-16-18-10-17-9(15)5-22-10/h1-5H,15H2,(H,17,18). The van der Waals surface area contributed by atoms with E-state index < -0.39 is 22.4 Å². The zero-order chi connectivity index (χ0) is 16.3. The molecule has 3 N–H and O–H groups in total. The van der Waals surface area contributed by atoms with Crippen molar-refractivity contribution in [3.63, 3.8) is 0 Å². The largest absolute Gasteiger partial charge is 0.422 e. The summed E-state index contributed by atoms with van der Waals surface area (Å²) in [5.41, 5.74) is 5.70. The molecule has 0 aliphatic rings. The van der Waals surface area contributed by atoms with Gasteiger partial charge in [0.2, 0.25) is 5.13 Å². The molecule has 0 aliphatic carbocycles. The van der Waals surface area contributed by atoms with E-state index in [1.807, 2.05) is 0 Å². The Morgan fingerprint density at radius 2 is 2.18 bits per heavy atom. The van der Waals surface area contributed by atoms with E-state index in [-0.39, 0.29) is 5.56 Å². The van der Waals surface area contributed by atoms with Crippen molar-refractivity contribution in [1.29, 1.82) is 0 Å². The quantitative estimate of drug-likeness (QED) is 0.508. The number of halogens is 3. The third-order valence-electron chi connectivity index (χ3n) is 2.42. The minimum atomic E-state index is -4.80. The fourth-order valence-electron chi connectivity index (χ4n) is 1.52. The van der Waals surface area contributed by atoms with Gasteiger partial charge < -0.3 is 5.73 Å². The summed E-state index contributed by atoms with van der Waals surface area (Å²) in [7, 11) is 0. The van der Waals surface area contributed by atoms with Gasteiger partial charge in [-0.2, -0.15) is 18.3 Å². The number of hydrogen-bond donors (Lipinski definition) is 2. The Morgan fingerprint density at radius 3 is 2.73 bits per heavy atom. The topological polar surface area (TPSA) is 106 Å². The van der Waals surface area contributed by atoms with E-state index in [1.54, 1.807) is 5.38 Å². The van der Waals surface area contributed by atoms with Crippen molar-refractivity contribution in [2.45, 2.75) is 6.18 Å². The van der Waals surface area contributed by atoms with Gasteiger partial charge in [0.15, 0.2) is 0 Å². The van der Waals surface area contributed by atoms with Gasteiger partial charge in [-0.1, -0.05) is 6.07 Å². The van der Waals surface area contributed by atoms with Crippen LogP contribution in [0.2, 0.25) is 0 Å². The lowest BCUT2D eigenvalue weighted by atomic mass is 10.1. The molecule has 2 aromatic rings. The van der Waals surface area contributed by atoms with Crippen LogP contribution in [0.1, 0.15) is 11.1 Å². The molecule has 1 heterocycles. The number of nitrogens with two attached hydrogens (primary N) is 1. The molecule has 0 atom stereocenters. The third kappa shape index (κ3) is 3.69. The van der Waals surface area contributed by atoms with Crippen molar-refractivity contribution in [2.24, 2.45) is 5.10 Å². The fraction of sp³-hybridized carbons (Fsp3) is 0.0909. The Kier molecular flexibility index (Phi) is 4.26. The second-order valence-corrected chi connectivity index (χ2v) is 4.84. The van der Waals surface area contributed by atoms with E-state index in [2.05, 4.69) is 15.5 Å². The molecule has 0 unspecified atom stereocenters. The number of hydrazone groups is 1. The second-order valence-electron chi connectivity index (χ2n) is 3.98. The highest BCUT2D eigenvalue weighted by molar-refractivity contribution is 7.14. The van der Waals surface area contributed by atoms with E-state index in [9.17, 15) is 23.3 Å². The second kappa shape index (κ2) is 5.97. The summed E-state index contributed by atoms with van der Waals surface area (Å²) in [6.45, 7) is 0. The van der Waals surface area contributed by atoms with E-state index in [0.717, 1.165) is 18.3 Å². The van der Waals surface area contributed by atoms with E-state index in [0.29, 0.717) is 17.0 Å². The number of aromatic nitrogens is 1. The lowest BCUT2D eigenvalue weighted by Crippen LogP contribution is -2.09. The fourth-order valence-corrected chi connectivity index (χ4v) is 2.07. The maximum atomic E-state index is 12.6. The average Bonchev–Trinajstić information content (AvgIpc) is 2.83. The molecule has 0 aliphatic heterocycles. The van der Waals surface area contributed by atoms with Crippen molar-refractivity contribution in [3.05, 3.63) is 44.8 Å². The summed E-state index contributed by atoms with van der Waals surface area (Å²) in [5, 5.41) is 16.4. The molecule has 0 amide bonds. The van der Waals surface area contributed by atoms with Crippen LogP contribution in [0.4, 0.5) is 29.8 Å². The predicted octanol–water partition coefficient (Wildman–Crippen LogP) is 3.10. The van der Waals surface area contributed by atoms with Crippen molar-refractivity contribution in [1.82, 2.24) is 4.98 Å². The van der Waals surface area contributed by atoms with Gasteiger partial charge in [-0.25, -0.2) is 4.98 Å². The zero-order valence-corrected chi connectivity index (χ0v) is 11.5. The van der Waals surface area contributed by atoms with Gasteiger partial charge in [-0.05, 0) is 6.07 Å². The van der Waals surface area contributed by atoms with Gasteiger partial charge in [-0.3, -0.25) is 15.5 Å². The number of benzene rings is 1. The molecule has 0 fully saturated rings. The number of nitrogen functional groups attached to an aromatic ring is 1. The lowest BCUT2D eigenvalue weighted by molar-refractivity contribution is -0.388. The van der Waals surface area contributed by atoms with Crippen molar-refractivity contribution in [3.8, 4) is 0 Å². The number of nitro groups is 1. The molecular formula is C11H8F3N5O2S. The number of nitrogens with one attached hydrogen (secondary N) is 1. The Hall–Kier alpha value is -2.69. The normalized spacial score (nSPS) is 11.8. The molecule has 11 heteroatoms. The first kappa shape index (κ1) is 15.7. The lowest BCUT2D eigenvalue weighted by Gasteiger charge is -2.07. The van der Waals surface area contributed by atoms with Crippen LogP contribution in [0, 0.1) is 10.1 Å². The van der Waals surface area contributed by atoms with Crippen LogP contribution in [0.3, 0.4) is 0 Å². The van der Waals surface area contributed by atoms with Crippen LogP contribution >= 0.6 is 11.3 Å². The van der Waals surface area contributed by atoms with Gasteiger partial charge in [-0.15, -0.1) is 11.3 Å². The van der Waals surface area contributed by atoms with Crippen LogP contribution in [0.25, 0.3) is 0 Å². The minimum Gasteiger partial charge on any atom is -0.383 e. The molecular weight excluding hydrogens is 323 g/mol. The molecule has 1 aromatic heterocycles. The number of anilines is 2. The first-order valence-corrected chi connectivity index (χ1v) is 6.51. The summed E-state index contributed by atoms with van der Waals surface area (Å²) in [4.78, 5) is 13.5. The SMILES string of the molecule is Nc1csc(NN=Cc2ccc(C(F)(F)F)c([N+](=O)[O-])c2)n1. The molecule has 0 saturated carbocycles. The van der Waals surface area contributed by atoms with E-state index in [1.165, 1.54) is 11.3 Å². The van der Waals surface area contributed by atoms with Gasteiger partial charge in [0, 0.05) is 17.0 Å². The molecule has 116 valence electrons. The average molecular weight is 331 g/mol. The number of hydrogen-bond acceptors (Lipinski definition) is 7. The number of alkyl halides is 3. The third-order valence-corrected chi connectivity index (χ3v) is 3.18. The van der Waals surface area contributed by atoms with Gasteiger partial charge in [0.1, 0.15) is 11.4 Å². The van der Waals surface area contributed by atoms with Crippen LogP contribution in [-0.2, 0) is 6.18 Å². The molecule has 0 spiro atoms. The van der Waals surface area contributed by atoms with Crippen LogP contribution in [0.15, 0.2) is 28.7 Å². The maximum absolute atomic E-state index is 12.6. The highest BCUT2D eigenvalue weighted by atomic mass is 32.1. The highest BCUT2D eigenvalue weighted by Crippen LogP contribution is 2.36. The Balaban J connectivity index is 2.22. The first-order valence-electron chi connectivity index (χ1n) is 5.63. The zero-order valence-electron chi connectivity index (χ0n) is 10.7. The molecule has 2 rings (SSSR count). The van der Waals surface area contributed by atoms with Crippen LogP contribution < -0.4 is 11.2 Å². The number of nitro benzene ring substituents is 1. The molecule has 22 heavy (non-hydrogen) atoms. The van der Waals surface area contributed by atoms with Crippen LogP contribution in [0.5, 0.6) is 0 Å². The van der Waals surface area contributed by atoms with Crippen LogP contribution in [-0.4, -0.2) is 16.1 Å².